The minimum absolute atomic E-state index is 0. The molecule has 0 aromatic heterocycles. The molecule has 1 aliphatic carbocycles. The number of Topliss-reactive ketones (excluding diaryl/α,β-unsaturated/α-hetero) is 2. The quantitative estimate of drug-likeness (QED) is 0.332. The normalized spacial score (nSPS) is 20.2. The Balaban J connectivity index is 0. The van der Waals surface area contributed by atoms with Gasteiger partial charge in [0.2, 0.25) is 0 Å². The monoisotopic (exact) mass is 252 g/mol. The van der Waals surface area contributed by atoms with Gasteiger partial charge in [-0.2, -0.15) is 0 Å². The number of hydrogen-bond donors (Lipinski definition) is 0. The number of rotatable bonds is 2. The topological polar surface area (TPSA) is 60.4 Å². The van der Waals surface area contributed by atoms with E-state index in [2.05, 4.69) is 0 Å². The van der Waals surface area contributed by atoms with E-state index in [1.165, 1.54) is 0 Å². The zero-order valence-corrected chi connectivity index (χ0v) is 13.5. The van der Waals surface area contributed by atoms with Crippen molar-refractivity contribution < 1.29 is 71.9 Å². The molecule has 1 aliphatic rings. The molecule has 0 heterocycles. The van der Waals surface area contributed by atoms with Gasteiger partial charge in [0.25, 0.3) is 0 Å². The largest absolute Gasteiger partial charge is 1.00 e. The van der Waals surface area contributed by atoms with Crippen LogP contribution in [0.1, 0.15) is 35.0 Å². The SMILES string of the molecule is CCOC(=O)C1C(=O)CC(C)(C)CC1=O.[H-].[K+]. The molecule has 0 saturated heterocycles. The average Bonchev–Trinajstić information content (AvgIpc) is 1.99. The molecule has 16 heavy (non-hydrogen) atoms. The van der Waals surface area contributed by atoms with Crippen LogP contribution in [0.15, 0.2) is 0 Å². The standard InChI is InChI=1S/C11H16O4.K.H/c1-4-15-10(14)9-7(12)5-11(2,3)6-8(9)13;;/h9H,4-6H2,1-3H3;;/q;+1;-1. The molecule has 0 atom stereocenters. The van der Waals surface area contributed by atoms with Crippen LogP contribution in [0.4, 0.5) is 0 Å². The second-order valence-electron chi connectivity index (χ2n) is 4.64. The fourth-order valence-electron chi connectivity index (χ4n) is 1.88. The van der Waals surface area contributed by atoms with Crippen LogP contribution in [0.25, 0.3) is 0 Å². The maximum atomic E-state index is 11.6. The van der Waals surface area contributed by atoms with Gasteiger partial charge in [0.1, 0.15) is 0 Å². The number of ketones is 2. The van der Waals surface area contributed by atoms with E-state index in [9.17, 15) is 14.4 Å². The van der Waals surface area contributed by atoms with Gasteiger partial charge in [0.15, 0.2) is 17.5 Å². The molecule has 1 fully saturated rings. The summed E-state index contributed by atoms with van der Waals surface area (Å²) in [5, 5.41) is 0. The molecule has 1 rings (SSSR count). The zero-order chi connectivity index (χ0) is 11.6. The van der Waals surface area contributed by atoms with Crippen molar-refractivity contribution in [1.29, 1.82) is 0 Å². The van der Waals surface area contributed by atoms with E-state index < -0.39 is 11.9 Å². The van der Waals surface area contributed by atoms with Crippen LogP contribution in [-0.2, 0) is 19.1 Å². The third kappa shape index (κ3) is 4.03. The van der Waals surface area contributed by atoms with Crippen molar-refractivity contribution >= 4 is 17.5 Å². The molecular weight excluding hydrogens is 235 g/mol. The third-order valence-electron chi connectivity index (χ3n) is 2.47. The van der Waals surface area contributed by atoms with Crippen molar-refractivity contribution in [1.82, 2.24) is 0 Å². The number of ether oxygens (including phenoxy) is 1. The van der Waals surface area contributed by atoms with Gasteiger partial charge in [-0.25, -0.2) is 0 Å². The van der Waals surface area contributed by atoms with E-state index in [1.807, 2.05) is 13.8 Å². The fourth-order valence-corrected chi connectivity index (χ4v) is 1.88. The Labute approximate surface area is 139 Å². The van der Waals surface area contributed by atoms with Gasteiger partial charge < -0.3 is 6.16 Å². The summed E-state index contributed by atoms with van der Waals surface area (Å²) >= 11 is 0. The predicted octanol–water partition coefficient (Wildman–Crippen LogP) is -1.76. The van der Waals surface area contributed by atoms with E-state index in [0.717, 1.165) is 0 Å². The van der Waals surface area contributed by atoms with Crippen molar-refractivity contribution in [3.63, 3.8) is 0 Å². The van der Waals surface area contributed by atoms with Crippen molar-refractivity contribution in [2.45, 2.75) is 33.6 Å². The zero-order valence-electron chi connectivity index (χ0n) is 11.3. The minimum Gasteiger partial charge on any atom is -1.00 e. The summed E-state index contributed by atoms with van der Waals surface area (Å²) in [4.78, 5) is 34.6. The molecule has 5 heteroatoms. The maximum Gasteiger partial charge on any atom is 1.00 e. The molecule has 0 bridgehead atoms. The first-order chi connectivity index (χ1) is 6.87. The summed E-state index contributed by atoms with van der Waals surface area (Å²) in [6.07, 6.45) is 0.532. The fraction of sp³-hybridized carbons (Fsp3) is 0.727. The molecule has 0 radical (unpaired) electrons. The molecule has 0 spiro atoms. The number of carbonyl (C=O) groups is 3. The van der Waals surface area contributed by atoms with E-state index in [-0.39, 0.29) is 89.2 Å². The van der Waals surface area contributed by atoms with Gasteiger partial charge in [-0.1, -0.05) is 13.8 Å². The first-order valence-corrected chi connectivity index (χ1v) is 5.09. The molecule has 1 saturated carbocycles. The number of carbonyl (C=O) groups excluding carboxylic acids is 3. The van der Waals surface area contributed by atoms with Gasteiger partial charge in [0, 0.05) is 12.8 Å². The first-order valence-electron chi connectivity index (χ1n) is 5.09. The third-order valence-corrected chi connectivity index (χ3v) is 2.47. The average molecular weight is 252 g/mol. The van der Waals surface area contributed by atoms with Crippen molar-refractivity contribution in [2.24, 2.45) is 11.3 Å². The Morgan fingerprint density at radius 3 is 2.19 bits per heavy atom. The Morgan fingerprint density at radius 1 is 1.38 bits per heavy atom. The van der Waals surface area contributed by atoms with Crippen LogP contribution in [0, 0.1) is 11.3 Å². The first kappa shape index (κ1) is 16.4. The Hall–Kier alpha value is 0.446. The van der Waals surface area contributed by atoms with Gasteiger partial charge >= 0.3 is 57.4 Å². The molecule has 4 nitrogen and oxygen atoms in total. The Kier molecular flexibility index (Phi) is 6.58. The van der Waals surface area contributed by atoms with E-state index in [4.69, 9.17) is 4.74 Å². The maximum absolute atomic E-state index is 11.6. The van der Waals surface area contributed by atoms with Crippen LogP contribution in [0.5, 0.6) is 0 Å². The second kappa shape index (κ2) is 6.40. The Bertz CT molecular complexity index is 295. The molecule has 0 aliphatic heterocycles. The molecule has 0 aromatic rings. The molecule has 0 N–H and O–H groups in total. The summed E-state index contributed by atoms with van der Waals surface area (Å²) in [5.41, 5.74) is -0.322. The molecule has 0 unspecified atom stereocenters. The van der Waals surface area contributed by atoms with Crippen LogP contribution in [0.3, 0.4) is 0 Å². The van der Waals surface area contributed by atoms with Crippen LogP contribution in [0.2, 0.25) is 0 Å². The molecule has 0 amide bonds. The van der Waals surface area contributed by atoms with Crippen molar-refractivity contribution in [2.75, 3.05) is 6.61 Å². The van der Waals surface area contributed by atoms with Gasteiger partial charge in [-0.15, -0.1) is 0 Å². The van der Waals surface area contributed by atoms with Gasteiger partial charge in [-0.3, -0.25) is 14.4 Å². The molecule has 86 valence electrons. The number of esters is 1. The van der Waals surface area contributed by atoms with Gasteiger partial charge in [0.05, 0.1) is 6.61 Å². The van der Waals surface area contributed by atoms with E-state index in [0.29, 0.717) is 0 Å². The number of hydrogen-bond acceptors (Lipinski definition) is 4. The van der Waals surface area contributed by atoms with Crippen LogP contribution >= 0.6 is 0 Å². The van der Waals surface area contributed by atoms with E-state index >= 15 is 0 Å². The van der Waals surface area contributed by atoms with Crippen LogP contribution < -0.4 is 51.4 Å². The van der Waals surface area contributed by atoms with Crippen molar-refractivity contribution in [3.05, 3.63) is 0 Å². The summed E-state index contributed by atoms with van der Waals surface area (Å²) < 4.78 is 4.71. The van der Waals surface area contributed by atoms with Crippen LogP contribution in [-0.4, -0.2) is 24.1 Å². The summed E-state index contributed by atoms with van der Waals surface area (Å²) in [5.74, 6) is -2.48. The summed E-state index contributed by atoms with van der Waals surface area (Å²) in [7, 11) is 0. The van der Waals surface area contributed by atoms with Crippen molar-refractivity contribution in [3.8, 4) is 0 Å². The van der Waals surface area contributed by atoms with Gasteiger partial charge in [-0.05, 0) is 12.3 Å². The van der Waals surface area contributed by atoms with E-state index in [1.54, 1.807) is 6.92 Å². The second-order valence-corrected chi connectivity index (χ2v) is 4.64. The summed E-state index contributed by atoms with van der Waals surface area (Å²) in [6, 6.07) is 0. The summed E-state index contributed by atoms with van der Waals surface area (Å²) in [6.45, 7) is 5.55. The predicted molar refractivity (Wildman–Crippen MR) is 54.3 cm³/mol. The Morgan fingerprint density at radius 2 is 1.81 bits per heavy atom. The molecule has 0 aromatic carbocycles. The molecular formula is C11H17KO4. The minimum atomic E-state index is -1.17. The smallest absolute Gasteiger partial charge is 1.00 e.